The average molecular weight is 292 g/mol. The number of hydrogen-bond acceptors (Lipinski definition) is 2. The first-order chi connectivity index (χ1) is 9.79. The SMILES string of the molecule is CC(C)CN1CCN(C(=O)c2ccc(F)cc2)CC1(C)C. The van der Waals surface area contributed by atoms with Gasteiger partial charge in [0, 0.05) is 37.3 Å². The van der Waals surface area contributed by atoms with Crippen LogP contribution in [0.4, 0.5) is 4.39 Å². The third-order valence-corrected chi connectivity index (χ3v) is 4.04. The summed E-state index contributed by atoms with van der Waals surface area (Å²) in [5.41, 5.74) is 0.530. The van der Waals surface area contributed by atoms with Gasteiger partial charge in [-0.3, -0.25) is 9.69 Å². The fraction of sp³-hybridized carbons (Fsp3) is 0.588. The predicted octanol–water partition coefficient (Wildman–Crippen LogP) is 3.02. The van der Waals surface area contributed by atoms with Gasteiger partial charge in [-0.1, -0.05) is 13.8 Å². The zero-order valence-corrected chi connectivity index (χ0v) is 13.4. The first-order valence-electron chi connectivity index (χ1n) is 7.59. The average Bonchev–Trinajstić information content (AvgIpc) is 2.40. The van der Waals surface area contributed by atoms with Crippen molar-refractivity contribution in [2.45, 2.75) is 33.2 Å². The lowest BCUT2D eigenvalue weighted by Crippen LogP contribution is -2.61. The van der Waals surface area contributed by atoms with Crippen molar-refractivity contribution in [2.75, 3.05) is 26.2 Å². The Bertz CT molecular complexity index is 496. The van der Waals surface area contributed by atoms with Gasteiger partial charge in [0.2, 0.25) is 0 Å². The van der Waals surface area contributed by atoms with E-state index in [1.165, 1.54) is 12.1 Å². The van der Waals surface area contributed by atoms with Crippen molar-refractivity contribution in [2.24, 2.45) is 5.92 Å². The third kappa shape index (κ3) is 3.82. The van der Waals surface area contributed by atoms with Gasteiger partial charge in [-0.05, 0) is 44.0 Å². The van der Waals surface area contributed by atoms with E-state index in [0.29, 0.717) is 18.0 Å². The van der Waals surface area contributed by atoms with Gasteiger partial charge in [-0.15, -0.1) is 0 Å². The van der Waals surface area contributed by atoms with Crippen molar-refractivity contribution >= 4 is 5.91 Å². The van der Waals surface area contributed by atoms with Gasteiger partial charge in [0.1, 0.15) is 5.82 Å². The lowest BCUT2D eigenvalue weighted by atomic mass is 9.96. The van der Waals surface area contributed by atoms with Gasteiger partial charge in [0.05, 0.1) is 0 Å². The quantitative estimate of drug-likeness (QED) is 0.855. The molecule has 1 aliphatic rings. The maximum absolute atomic E-state index is 13.0. The normalized spacial score (nSPS) is 19.0. The number of benzene rings is 1. The van der Waals surface area contributed by atoms with Crippen LogP contribution in [0.2, 0.25) is 0 Å². The van der Waals surface area contributed by atoms with Crippen LogP contribution in [0.1, 0.15) is 38.1 Å². The summed E-state index contributed by atoms with van der Waals surface area (Å²) in [6, 6.07) is 5.80. The molecule has 0 aliphatic carbocycles. The predicted molar refractivity (Wildman–Crippen MR) is 82.8 cm³/mol. The van der Waals surface area contributed by atoms with Gasteiger partial charge >= 0.3 is 0 Å². The van der Waals surface area contributed by atoms with Crippen molar-refractivity contribution in [3.05, 3.63) is 35.6 Å². The molecule has 0 N–H and O–H groups in total. The Kier molecular flexibility index (Phi) is 4.67. The molecule has 2 rings (SSSR count). The van der Waals surface area contributed by atoms with E-state index in [0.717, 1.165) is 19.6 Å². The molecule has 0 unspecified atom stereocenters. The number of carbonyl (C=O) groups excluding carboxylic acids is 1. The van der Waals surface area contributed by atoms with E-state index in [1.54, 1.807) is 12.1 Å². The largest absolute Gasteiger partial charge is 0.336 e. The molecule has 4 heteroatoms. The van der Waals surface area contributed by atoms with Gasteiger partial charge in [-0.25, -0.2) is 4.39 Å². The minimum absolute atomic E-state index is 0.00716. The number of piperazine rings is 1. The third-order valence-electron chi connectivity index (χ3n) is 4.04. The minimum Gasteiger partial charge on any atom is -0.336 e. The highest BCUT2D eigenvalue weighted by molar-refractivity contribution is 5.94. The number of hydrogen-bond donors (Lipinski definition) is 0. The topological polar surface area (TPSA) is 23.6 Å². The Balaban J connectivity index is 2.07. The van der Waals surface area contributed by atoms with E-state index in [4.69, 9.17) is 0 Å². The lowest BCUT2D eigenvalue weighted by molar-refractivity contribution is 0.0127. The molecule has 21 heavy (non-hydrogen) atoms. The number of nitrogens with zero attached hydrogens (tertiary/aromatic N) is 2. The summed E-state index contributed by atoms with van der Waals surface area (Å²) < 4.78 is 13.0. The molecule has 1 fully saturated rings. The van der Waals surface area contributed by atoms with Crippen LogP contribution in [0, 0.1) is 11.7 Å². The Morgan fingerprint density at radius 3 is 2.38 bits per heavy atom. The Morgan fingerprint density at radius 2 is 1.86 bits per heavy atom. The van der Waals surface area contributed by atoms with Gasteiger partial charge in [0.15, 0.2) is 0 Å². The zero-order chi connectivity index (χ0) is 15.6. The Labute approximate surface area is 126 Å². The molecule has 1 aromatic carbocycles. The van der Waals surface area contributed by atoms with Crippen LogP contribution in [-0.4, -0.2) is 47.4 Å². The Hall–Kier alpha value is -1.42. The summed E-state index contributed by atoms with van der Waals surface area (Å²) in [5, 5.41) is 0. The van der Waals surface area contributed by atoms with E-state index in [2.05, 4.69) is 32.6 Å². The van der Waals surface area contributed by atoms with Crippen molar-refractivity contribution in [1.82, 2.24) is 9.80 Å². The van der Waals surface area contributed by atoms with Crippen LogP contribution in [0.3, 0.4) is 0 Å². The first-order valence-corrected chi connectivity index (χ1v) is 7.59. The second-order valence-electron chi connectivity index (χ2n) is 6.89. The summed E-state index contributed by atoms with van der Waals surface area (Å²) in [6.07, 6.45) is 0. The highest BCUT2D eigenvalue weighted by atomic mass is 19.1. The number of amides is 1. The summed E-state index contributed by atoms with van der Waals surface area (Å²) >= 11 is 0. The molecule has 0 saturated carbocycles. The van der Waals surface area contributed by atoms with Crippen LogP contribution in [0.25, 0.3) is 0 Å². The minimum atomic E-state index is -0.311. The van der Waals surface area contributed by atoms with Crippen LogP contribution in [0.15, 0.2) is 24.3 Å². The summed E-state index contributed by atoms with van der Waals surface area (Å²) in [5.74, 6) is 0.296. The lowest BCUT2D eigenvalue weighted by Gasteiger charge is -2.47. The number of halogens is 1. The van der Waals surface area contributed by atoms with E-state index < -0.39 is 0 Å². The number of carbonyl (C=O) groups is 1. The summed E-state index contributed by atoms with van der Waals surface area (Å²) in [6.45, 7) is 12.2. The molecule has 0 aromatic heterocycles. The molecule has 116 valence electrons. The van der Waals surface area contributed by atoms with E-state index in [9.17, 15) is 9.18 Å². The summed E-state index contributed by atoms with van der Waals surface area (Å²) in [4.78, 5) is 16.8. The molecule has 1 aliphatic heterocycles. The van der Waals surface area contributed by atoms with Crippen molar-refractivity contribution < 1.29 is 9.18 Å². The molecule has 1 aromatic rings. The first kappa shape index (κ1) is 16.0. The van der Waals surface area contributed by atoms with Crippen molar-refractivity contribution in [3.8, 4) is 0 Å². The Morgan fingerprint density at radius 1 is 1.24 bits per heavy atom. The second-order valence-corrected chi connectivity index (χ2v) is 6.89. The fourth-order valence-corrected chi connectivity index (χ4v) is 2.92. The molecule has 0 bridgehead atoms. The van der Waals surface area contributed by atoms with Gasteiger partial charge in [0.25, 0.3) is 5.91 Å². The van der Waals surface area contributed by atoms with Gasteiger partial charge < -0.3 is 4.90 Å². The van der Waals surface area contributed by atoms with Crippen LogP contribution >= 0.6 is 0 Å². The van der Waals surface area contributed by atoms with E-state index in [-0.39, 0.29) is 17.3 Å². The van der Waals surface area contributed by atoms with Crippen molar-refractivity contribution in [3.63, 3.8) is 0 Å². The molecule has 1 amide bonds. The van der Waals surface area contributed by atoms with Crippen LogP contribution in [-0.2, 0) is 0 Å². The monoisotopic (exact) mass is 292 g/mol. The molecule has 1 saturated heterocycles. The molecule has 1 heterocycles. The van der Waals surface area contributed by atoms with E-state index >= 15 is 0 Å². The molecule has 0 atom stereocenters. The maximum atomic E-state index is 13.0. The van der Waals surface area contributed by atoms with Crippen molar-refractivity contribution in [1.29, 1.82) is 0 Å². The smallest absolute Gasteiger partial charge is 0.253 e. The molecular formula is C17H25FN2O. The highest BCUT2D eigenvalue weighted by Crippen LogP contribution is 2.23. The maximum Gasteiger partial charge on any atom is 0.253 e. The molecular weight excluding hydrogens is 267 g/mol. The fourth-order valence-electron chi connectivity index (χ4n) is 2.92. The zero-order valence-electron chi connectivity index (χ0n) is 13.4. The van der Waals surface area contributed by atoms with E-state index in [1.807, 2.05) is 4.90 Å². The molecule has 3 nitrogen and oxygen atoms in total. The highest BCUT2D eigenvalue weighted by Gasteiger charge is 2.35. The number of rotatable bonds is 3. The van der Waals surface area contributed by atoms with Crippen LogP contribution < -0.4 is 0 Å². The summed E-state index contributed by atoms with van der Waals surface area (Å²) in [7, 11) is 0. The molecule has 0 radical (unpaired) electrons. The van der Waals surface area contributed by atoms with Crippen LogP contribution in [0.5, 0.6) is 0 Å². The molecule has 0 spiro atoms. The standard InChI is InChI=1S/C17H25FN2O/c1-13(2)11-20-10-9-19(12-17(20,3)4)16(21)14-5-7-15(18)8-6-14/h5-8,13H,9-12H2,1-4H3. The second kappa shape index (κ2) is 6.14. The van der Waals surface area contributed by atoms with Gasteiger partial charge in [-0.2, -0.15) is 0 Å².